The van der Waals surface area contributed by atoms with Crippen molar-refractivity contribution in [3.05, 3.63) is 65.8 Å². The minimum absolute atomic E-state index is 0.205. The Balaban J connectivity index is 1.40. The highest BCUT2D eigenvalue weighted by Gasteiger charge is 2.20. The maximum Gasteiger partial charge on any atom is 0.356 e. The van der Waals surface area contributed by atoms with Crippen LogP contribution in [0.3, 0.4) is 0 Å². The first-order chi connectivity index (χ1) is 16.1. The number of urea groups is 1. The van der Waals surface area contributed by atoms with Crippen molar-refractivity contribution in [2.45, 2.75) is 33.1 Å². The third-order valence-corrected chi connectivity index (χ3v) is 4.99. The van der Waals surface area contributed by atoms with Gasteiger partial charge in [-0.25, -0.2) is 14.6 Å². The van der Waals surface area contributed by atoms with Gasteiger partial charge < -0.3 is 19.3 Å². The lowest BCUT2D eigenvalue weighted by molar-refractivity contribution is 0.0592. The van der Waals surface area contributed by atoms with Gasteiger partial charge in [-0.1, -0.05) is 25.9 Å². The summed E-state index contributed by atoms with van der Waals surface area (Å²) in [5.41, 5.74) is 1.87. The zero-order valence-electron chi connectivity index (χ0n) is 19.5. The number of anilines is 2. The number of amides is 2. The predicted molar refractivity (Wildman–Crippen MR) is 126 cm³/mol. The molecule has 2 N–H and O–H groups in total. The number of ether oxygens (including phenoxy) is 2. The van der Waals surface area contributed by atoms with Gasteiger partial charge in [-0.2, -0.15) is 0 Å². The van der Waals surface area contributed by atoms with E-state index in [4.69, 9.17) is 14.0 Å². The highest BCUT2D eigenvalue weighted by molar-refractivity contribution is 5.99. The molecule has 0 unspecified atom stereocenters. The molecule has 1 aromatic carbocycles. The van der Waals surface area contributed by atoms with Crippen LogP contribution in [0.25, 0.3) is 5.65 Å². The second kappa shape index (κ2) is 8.89. The van der Waals surface area contributed by atoms with Crippen molar-refractivity contribution in [3.63, 3.8) is 0 Å². The SMILES string of the molecule is COC(=O)c1c(C)nc2cc(Oc3ccc(NC(=O)Nc4cc(C(C)(C)C)on4)cc3)ccn12. The van der Waals surface area contributed by atoms with E-state index >= 15 is 0 Å². The first-order valence-electron chi connectivity index (χ1n) is 10.5. The average molecular weight is 463 g/mol. The molecule has 3 aromatic heterocycles. The van der Waals surface area contributed by atoms with Crippen molar-refractivity contribution in [1.29, 1.82) is 0 Å². The highest BCUT2D eigenvalue weighted by atomic mass is 16.5. The summed E-state index contributed by atoms with van der Waals surface area (Å²) < 4.78 is 17.6. The number of aromatic nitrogens is 3. The molecule has 0 radical (unpaired) electrons. The van der Waals surface area contributed by atoms with Crippen molar-refractivity contribution in [2.75, 3.05) is 17.7 Å². The Labute approximate surface area is 195 Å². The van der Waals surface area contributed by atoms with Crippen molar-refractivity contribution in [2.24, 2.45) is 0 Å². The summed E-state index contributed by atoms with van der Waals surface area (Å²) >= 11 is 0. The molecule has 0 fully saturated rings. The molecule has 0 spiro atoms. The van der Waals surface area contributed by atoms with Crippen LogP contribution in [0.2, 0.25) is 0 Å². The number of nitrogens with zero attached hydrogens (tertiary/aromatic N) is 3. The minimum Gasteiger partial charge on any atom is -0.464 e. The van der Waals surface area contributed by atoms with Gasteiger partial charge in [0.25, 0.3) is 0 Å². The molecule has 2 amide bonds. The first-order valence-corrected chi connectivity index (χ1v) is 10.5. The fourth-order valence-corrected chi connectivity index (χ4v) is 3.26. The van der Waals surface area contributed by atoms with Crippen LogP contribution in [0.4, 0.5) is 16.3 Å². The van der Waals surface area contributed by atoms with Crippen LogP contribution in [0.5, 0.6) is 11.5 Å². The Kier molecular flexibility index (Phi) is 5.97. The van der Waals surface area contributed by atoms with Gasteiger partial charge in [0.15, 0.2) is 11.5 Å². The molecule has 0 aliphatic heterocycles. The molecule has 10 nitrogen and oxygen atoms in total. The molecule has 3 heterocycles. The Hall–Kier alpha value is -4.34. The Bertz CT molecular complexity index is 1350. The number of fused-ring (bicyclic) bond motifs is 1. The molecule has 0 atom stereocenters. The van der Waals surface area contributed by atoms with Crippen molar-refractivity contribution >= 4 is 29.2 Å². The number of aryl methyl sites for hydroxylation is 1. The van der Waals surface area contributed by atoms with Crippen LogP contribution in [0, 0.1) is 6.92 Å². The lowest BCUT2D eigenvalue weighted by atomic mass is 9.93. The number of rotatable bonds is 5. The quantitative estimate of drug-likeness (QED) is 0.393. The van der Waals surface area contributed by atoms with Gasteiger partial charge in [-0.15, -0.1) is 0 Å². The number of hydrogen-bond acceptors (Lipinski definition) is 7. The van der Waals surface area contributed by atoms with E-state index in [0.717, 1.165) is 0 Å². The largest absolute Gasteiger partial charge is 0.464 e. The Morgan fingerprint density at radius 3 is 2.41 bits per heavy atom. The fourth-order valence-electron chi connectivity index (χ4n) is 3.26. The number of pyridine rings is 1. The summed E-state index contributed by atoms with van der Waals surface area (Å²) in [5.74, 6) is 1.67. The van der Waals surface area contributed by atoms with Gasteiger partial charge in [-0.05, 0) is 37.3 Å². The van der Waals surface area contributed by atoms with E-state index in [2.05, 4.69) is 20.8 Å². The number of methoxy groups -OCH3 is 1. The molecular weight excluding hydrogens is 438 g/mol. The third-order valence-electron chi connectivity index (χ3n) is 4.99. The number of esters is 1. The van der Waals surface area contributed by atoms with Crippen molar-refractivity contribution in [3.8, 4) is 11.5 Å². The molecule has 0 saturated carbocycles. The van der Waals surface area contributed by atoms with Gasteiger partial charge in [-0.3, -0.25) is 9.72 Å². The summed E-state index contributed by atoms with van der Waals surface area (Å²) in [6, 6.07) is 11.6. The summed E-state index contributed by atoms with van der Waals surface area (Å²) in [7, 11) is 1.33. The third kappa shape index (κ3) is 4.85. The number of imidazole rings is 1. The number of carbonyl (C=O) groups is 2. The summed E-state index contributed by atoms with van der Waals surface area (Å²) in [6.07, 6.45) is 1.70. The van der Waals surface area contributed by atoms with Gasteiger partial charge in [0, 0.05) is 29.4 Å². The normalized spacial score (nSPS) is 11.3. The average Bonchev–Trinajstić information content (AvgIpc) is 3.38. The highest BCUT2D eigenvalue weighted by Crippen LogP contribution is 2.26. The molecule has 0 bridgehead atoms. The number of carbonyl (C=O) groups excluding carboxylic acids is 2. The van der Waals surface area contributed by atoms with Crippen LogP contribution >= 0.6 is 0 Å². The van der Waals surface area contributed by atoms with Crippen LogP contribution < -0.4 is 15.4 Å². The van der Waals surface area contributed by atoms with E-state index in [-0.39, 0.29) is 5.41 Å². The minimum atomic E-state index is -0.455. The van der Waals surface area contributed by atoms with Crippen LogP contribution in [-0.4, -0.2) is 33.7 Å². The van der Waals surface area contributed by atoms with Crippen LogP contribution in [-0.2, 0) is 10.2 Å². The summed E-state index contributed by atoms with van der Waals surface area (Å²) in [4.78, 5) is 28.6. The first kappa shape index (κ1) is 22.8. The summed E-state index contributed by atoms with van der Waals surface area (Å²) in [5, 5.41) is 9.25. The van der Waals surface area contributed by atoms with E-state index in [1.807, 2.05) is 20.8 Å². The summed E-state index contributed by atoms with van der Waals surface area (Å²) in [6.45, 7) is 7.73. The van der Waals surface area contributed by atoms with Gasteiger partial charge in [0.1, 0.15) is 22.9 Å². The smallest absolute Gasteiger partial charge is 0.356 e. The monoisotopic (exact) mass is 463 g/mol. The molecule has 176 valence electrons. The van der Waals surface area contributed by atoms with Crippen molar-refractivity contribution in [1.82, 2.24) is 14.5 Å². The van der Waals surface area contributed by atoms with E-state index in [0.29, 0.717) is 45.8 Å². The van der Waals surface area contributed by atoms with Crippen molar-refractivity contribution < 1.29 is 23.6 Å². The maximum atomic E-state index is 12.3. The van der Waals surface area contributed by atoms with E-state index in [1.54, 1.807) is 60.0 Å². The molecule has 4 aromatic rings. The molecule has 4 rings (SSSR count). The molecule has 0 saturated heterocycles. The number of benzene rings is 1. The van der Waals surface area contributed by atoms with E-state index < -0.39 is 12.0 Å². The second-order valence-electron chi connectivity index (χ2n) is 8.66. The molecule has 0 aliphatic carbocycles. The predicted octanol–water partition coefficient (Wildman–Crippen LogP) is 5.15. The van der Waals surface area contributed by atoms with Crippen LogP contribution in [0.15, 0.2) is 53.2 Å². The fraction of sp³-hybridized carbons (Fsp3) is 0.250. The second-order valence-corrected chi connectivity index (χ2v) is 8.66. The Morgan fingerprint density at radius 1 is 1.03 bits per heavy atom. The standard InChI is InChI=1S/C24H25N5O5/c1-14-21(22(30)32-5)29-11-10-17(12-20(29)25-14)33-16-8-6-15(7-9-16)26-23(31)27-19-13-18(34-28-19)24(2,3)4/h6-13H,1-5H3,(H2,26,27,28,31). The zero-order valence-corrected chi connectivity index (χ0v) is 19.5. The van der Waals surface area contributed by atoms with Crippen LogP contribution in [0.1, 0.15) is 42.7 Å². The molecular formula is C24H25N5O5. The van der Waals surface area contributed by atoms with Gasteiger partial charge in [0.05, 0.1) is 12.8 Å². The Morgan fingerprint density at radius 2 is 1.76 bits per heavy atom. The number of hydrogen-bond donors (Lipinski definition) is 2. The topological polar surface area (TPSA) is 120 Å². The van der Waals surface area contributed by atoms with Gasteiger partial charge in [0.2, 0.25) is 0 Å². The maximum absolute atomic E-state index is 12.3. The lowest BCUT2D eigenvalue weighted by Gasteiger charge is -2.12. The van der Waals surface area contributed by atoms with Gasteiger partial charge >= 0.3 is 12.0 Å². The van der Waals surface area contributed by atoms with E-state index in [9.17, 15) is 9.59 Å². The van der Waals surface area contributed by atoms with E-state index in [1.165, 1.54) is 7.11 Å². The number of nitrogens with one attached hydrogen (secondary N) is 2. The molecule has 10 heteroatoms. The lowest BCUT2D eigenvalue weighted by Crippen LogP contribution is -2.19. The molecule has 34 heavy (non-hydrogen) atoms. The molecule has 0 aliphatic rings. The zero-order chi connectivity index (χ0) is 24.5.